The summed E-state index contributed by atoms with van der Waals surface area (Å²) in [6.45, 7) is 5.51. The van der Waals surface area contributed by atoms with Crippen molar-refractivity contribution in [1.82, 2.24) is 25.0 Å². The van der Waals surface area contributed by atoms with Crippen LogP contribution < -0.4 is 15.1 Å². The van der Waals surface area contributed by atoms with E-state index in [1.54, 1.807) is 6.20 Å². The molecule has 0 aliphatic carbocycles. The van der Waals surface area contributed by atoms with Gasteiger partial charge in [0.15, 0.2) is 0 Å². The van der Waals surface area contributed by atoms with Crippen LogP contribution in [0.25, 0.3) is 10.9 Å². The van der Waals surface area contributed by atoms with E-state index in [-0.39, 0.29) is 24.5 Å². The van der Waals surface area contributed by atoms with E-state index in [1.807, 2.05) is 29.9 Å². The number of aliphatic hydroxyl groups is 1. The monoisotopic (exact) mass is 691 g/mol. The van der Waals surface area contributed by atoms with Crippen LogP contribution in [0.5, 0.6) is 0 Å². The molecular formula is C29H35ClIN7O3. The second-order valence-electron chi connectivity index (χ2n) is 11.4. The zero-order valence-corrected chi connectivity index (χ0v) is 26.0. The Labute approximate surface area is 258 Å². The van der Waals surface area contributed by atoms with Crippen LogP contribution in [0.15, 0.2) is 30.5 Å². The molecule has 2 aromatic heterocycles. The number of amides is 2. The Morgan fingerprint density at radius 1 is 1.12 bits per heavy atom. The van der Waals surface area contributed by atoms with Gasteiger partial charge in [-0.2, -0.15) is 5.10 Å². The Morgan fingerprint density at radius 2 is 1.93 bits per heavy atom. The van der Waals surface area contributed by atoms with E-state index in [1.165, 1.54) is 0 Å². The quantitative estimate of drug-likeness (QED) is 0.300. The smallest absolute Gasteiger partial charge is 0.235 e. The van der Waals surface area contributed by atoms with Crippen LogP contribution in [0, 0.1) is 9.49 Å². The SMILES string of the molecule is Cn1nc(C2CCC(=O)NC2=O)c2cccc(N3CCC(CN4CCN(c5cc(I)c(Cl)cn5)CC4CO)CC3)c21. The molecule has 2 unspecified atom stereocenters. The van der Waals surface area contributed by atoms with E-state index in [9.17, 15) is 14.7 Å². The summed E-state index contributed by atoms with van der Waals surface area (Å²) in [7, 11) is 1.93. The number of halogens is 2. The van der Waals surface area contributed by atoms with E-state index in [4.69, 9.17) is 16.7 Å². The molecule has 2 atom stereocenters. The molecule has 10 nitrogen and oxygen atoms in total. The zero-order chi connectivity index (χ0) is 28.7. The number of pyridine rings is 1. The first-order valence-corrected chi connectivity index (χ1v) is 15.7. The Kier molecular flexibility index (Phi) is 8.39. The molecule has 3 aliphatic rings. The van der Waals surface area contributed by atoms with Gasteiger partial charge in [-0.25, -0.2) is 4.98 Å². The minimum absolute atomic E-state index is 0.0748. The minimum atomic E-state index is -0.406. The van der Waals surface area contributed by atoms with Crippen molar-refractivity contribution in [2.24, 2.45) is 13.0 Å². The van der Waals surface area contributed by atoms with Gasteiger partial charge in [0.25, 0.3) is 0 Å². The van der Waals surface area contributed by atoms with Crippen molar-refractivity contribution in [3.05, 3.63) is 44.7 Å². The number of imide groups is 1. The van der Waals surface area contributed by atoms with Crippen molar-refractivity contribution in [3.63, 3.8) is 0 Å². The van der Waals surface area contributed by atoms with Crippen LogP contribution in [0.4, 0.5) is 11.5 Å². The van der Waals surface area contributed by atoms with Gasteiger partial charge in [-0.1, -0.05) is 23.7 Å². The number of benzene rings is 1. The molecular weight excluding hydrogens is 657 g/mol. The summed E-state index contributed by atoms with van der Waals surface area (Å²) in [5.41, 5.74) is 2.93. The summed E-state index contributed by atoms with van der Waals surface area (Å²) in [5, 5.41) is 19.1. The van der Waals surface area contributed by atoms with Gasteiger partial charge in [-0.15, -0.1) is 0 Å². The van der Waals surface area contributed by atoms with Gasteiger partial charge in [-0.3, -0.25) is 24.5 Å². The number of carbonyl (C=O) groups is 2. The molecule has 0 spiro atoms. The lowest BCUT2D eigenvalue weighted by molar-refractivity contribution is -0.134. The number of para-hydroxylation sites is 1. The molecule has 12 heteroatoms. The number of nitrogens with zero attached hydrogens (tertiary/aromatic N) is 6. The molecule has 41 heavy (non-hydrogen) atoms. The van der Waals surface area contributed by atoms with Crippen LogP contribution in [-0.4, -0.2) is 88.5 Å². The van der Waals surface area contributed by atoms with Gasteiger partial charge >= 0.3 is 0 Å². The molecule has 2 N–H and O–H groups in total. The van der Waals surface area contributed by atoms with Gasteiger partial charge in [0.2, 0.25) is 11.8 Å². The maximum Gasteiger partial charge on any atom is 0.235 e. The van der Waals surface area contributed by atoms with Crippen molar-refractivity contribution in [1.29, 1.82) is 0 Å². The maximum absolute atomic E-state index is 12.6. The number of carbonyl (C=O) groups excluding carboxylic acids is 2. The number of nitrogens with one attached hydrogen (secondary N) is 1. The molecule has 2 amide bonds. The van der Waals surface area contributed by atoms with Gasteiger partial charge in [0.1, 0.15) is 5.82 Å². The van der Waals surface area contributed by atoms with E-state index in [2.05, 4.69) is 53.7 Å². The fourth-order valence-electron chi connectivity index (χ4n) is 6.59. The highest BCUT2D eigenvalue weighted by molar-refractivity contribution is 14.1. The molecule has 1 aromatic carbocycles. The number of fused-ring (bicyclic) bond motifs is 1. The summed E-state index contributed by atoms with van der Waals surface area (Å²) >= 11 is 8.40. The molecule has 0 radical (unpaired) electrons. The topological polar surface area (TPSA) is 107 Å². The molecule has 6 rings (SSSR count). The lowest BCUT2D eigenvalue weighted by Crippen LogP contribution is -2.56. The third-order valence-electron chi connectivity index (χ3n) is 8.82. The standard InChI is InChI=1S/C29H35ClIN7O3/c1-35-28-20(27(34-35)21-5-6-26(40)33-29(21)41)3-2-4-24(28)36-9-7-18(8-10-36)15-37-11-12-38(16-19(37)17-39)25-13-23(31)22(30)14-32-25/h2-4,13-14,18-19,21,39H,5-12,15-17H2,1H3,(H,33,40,41). The van der Waals surface area contributed by atoms with E-state index < -0.39 is 5.92 Å². The number of piperazine rings is 1. The van der Waals surface area contributed by atoms with Crippen LogP contribution in [0.1, 0.15) is 37.3 Å². The molecule has 0 saturated carbocycles. The number of anilines is 2. The Bertz CT molecular complexity index is 1460. The average Bonchev–Trinajstić information content (AvgIpc) is 3.31. The minimum Gasteiger partial charge on any atom is -0.395 e. The van der Waals surface area contributed by atoms with Gasteiger partial charge in [-0.05, 0) is 59.9 Å². The molecule has 5 heterocycles. The Balaban J connectivity index is 1.10. The molecule has 3 aromatic rings. The van der Waals surface area contributed by atoms with Crippen LogP contribution >= 0.6 is 34.2 Å². The molecule has 218 valence electrons. The maximum atomic E-state index is 12.6. The van der Waals surface area contributed by atoms with Crippen molar-refractivity contribution < 1.29 is 14.7 Å². The van der Waals surface area contributed by atoms with Crippen LogP contribution in [0.2, 0.25) is 5.02 Å². The summed E-state index contributed by atoms with van der Waals surface area (Å²) in [6, 6.07) is 8.31. The van der Waals surface area contributed by atoms with Gasteiger partial charge < -0.3 is 14.9 Å². The summed E-state index contributed by atoms with van der Waals surface area (Å²) in [4.78, 5) is 35.9. The average molecular weight is 692 g/mol. The molecule has 3 aliphatic heterocycles. The molecule has 3 fully saturated rings. The lowest BCUT2D eigenvalue weighted by atomic mass is 9.92. The number of aliphatic hydroxyl groups excluding tert-OH is 1. The fourth-order valence-corrected chi connectivity index (χ4v) is 7.11. The third-order valence-corrected chi connectivity index (χ3v) is 10.3. The van der Waals surface area contributed by atoms with E-state index >= 15 is 0 Å². The van der Waals surface area contributed by atoms with Crippen LogP contribution in [-0.2, 0) is 16.6 Å². The Hall–Kier alpha value is -2.48. The largest absolute Gasteiger partial charge is 0.395 e. The molecule has 3 saturated heterocycles. The Morgan fingerprint density at radius 3 is 2.66 bits per heavy atom. The summed E-state index contributed by atoms with van der Waals surface area (Å²) in [6.07, 6.45) is 4.68. The van der Waals surface area contributed by atoms with Crippen LogP contribution in [0.3, 0.4) is 0 Å². The van der Waals surface area contributed by atoms with Crippen molar-refractivity contribution in [2.45, 2.75) is 37.6 Å². The normalized spacial score (nSPS) is 22.9. The summed E-state index contributed by atoms with van der Waals surface area (Å²) < 4.78 is 2.87. The highest BCUT2D eigenvalue weighted by atomic mass is 127. The summed E-state index contributed by atoms with van der Waals surface area (Å²) in [5.74, 6) is 0.599. The number of piperidine rings is 2. The number of aryl methyl sites for hydroxylation is 1. The molecule has 0 bridgehead atoms. The predicted octanol–water partition coefficient (Wildman–Crippen LogP) is 3.15. The van der Waals surface area contributed by atoms with E-state index in [0.717, 1.165) is 83.8 Å². The second-order valence-corrected chi connectivity index (χ2v) is 12.9. The highest BCUT2D eigenvalue weighted by Crippen LogP contribution is 2.36. The van der Waals surface area contributed by atoms with Gasteiger partial charge in [0.05, 0.1) is 40.5 Å². The second kappa shape index (κ2) is 12.0. The van der Waals surface area contributed by atoms with Crippen molar-refractivity contribution in [3.8, 4) is 0 Å². The lowest BCUT2D eigenvalue weighted by Gasteiger charge is -2.44. The zero-order valence-electron chi connectivity index (χ0n) is 23.1. The van der Waals surface area contributed by atoms with Crippen molar-refractivity contribution >= 4 is 68.4 Å². The first kappa shape index (κ1) is 28.6. The number of hydrogen-bond acceptors (Lipinski definition) is 8. The fraction of sp³-hybridized carbons (Fsp3) is 0.517. The first-order chi connectivity index (χ1) is 19.8. The number of rotatable bonds is 6. The third kappa shape index (κ3) is 5.78. The predicted molar refractivity (Wildman–Crippen MR) is 167 cm³/mol. The number of hydrogen-bond donors (Lipinski definition) is 2. The highest BCUT2D eigenvalue weighted by Gasteiger charge is 2.34. The van der Waals surface area contributed by atoms with Gasteiger partial charge in [0, 0.05) is 67.9 Å². The number of aromatic nitrogens is 3. The van der Waals surface area contributed by atoms with Crippen molar-refractivity contribution in [2.75, 3.05) is 55.7 Å². The van der Waals surface area contributed by atoms with E-state index in [0.29, 0.717) is 23.8 Å². The first-order valence-electron chi connectivity index (χ1n) is 14.3.